The Kier molecular flexibility index (Phi) is 6.08. The predicted molar refractivity (Wildman–Crippen MR) is 102 cm³/mol. The summed E-state index contributed by atoms with van der Waals surface area (Å²) in [5.74, 6) is -0.365. The number of nitrogens with zero attached hydrogens (tertiary/aromatic N) is 2. The van der Waals surface area contributed by atoms with Crippen molar-refractivity contribution in [3.05, 3.63) is 70.6 Å². The maximum Gasteiger partial charge on any atom is 0.337 e. The van der Waals surface area contributed by atoms with Crippen molar-refractivity contribution in [2.24, 2.45) is 0 Å². The molecule has 146 valence electrons. The number of benzene rings is 2. The van der Waals surface area contributed by atoms with Crippen LogP contribution in [0.15, 0.2) is 53.1 Å². The number of halogens is 1. The Balaban J connectivity index is 1.62. The summed E-state index contributed by atoms with van der Waals surface area (Å²) in [4.78, 5) is 15.6. The van der Waals surface area contributed by atoms with Crippen LogP contribution in [-0.4, -0.2) is 31.6 Å². The van der Waals surface area contributed by atoms with Crippen LogP contribution < -0.4 is 4.72 Å². The largest absolute Gasteiger partial charge is 0.465 e. The Morgan fingerprint density at radius 3 is 2.57 bits per heavy atom. The molecular weight excluding hydrogens is 406 g/mol. The molecule has 0 aliphatic heterocycles. The molecule has 1 aromatic heterocycles. The topological polar surface area (TPSA) is 111 Å². The molecule has 0 aliphatic rings. The minimum Gasteiger partial charge on any atom is -0.465 e. The molecule has 0 spiro atoms. The quantitative estimate of drug-likeness (QED) is 0.584. The number of esters is 1. The molecule has 10 heteroatoms. The molecule has 1 heterocycles. The van der Waals surface area contributed by atoms with E-state index in [0.29, 0.717) is 21.7 Å². The maximum atomic E-state index is 12.3. The fraction of sp³-hybridized carbons (Fsp3) is 0.167. The second-order valence-electron chi connectivity index (χ2n) is 5.76. The van der Waals surface area contributed by atoms with Gasteiger partial charge in [-0.25, -0.2) is 17.9 Å². The van der Waals surface area contributed by atoms with Crippen LogP contribution >= 0.6 is 11.6 Å². The van der Waals surface area contributed by atoms with Crippen LogP contribution in [0, 0.1) is 0 Å². The molecule has 8 nitrogen and oxygen atoms in total. The van der Waals surface area contributed by atoms with Crippen LogP contribution in [0.2, 0.25) is 5.02 Å². The Labute approximate surface area is 166 Å². The highest BCUT2D eigenvalue weighted by Gasteiger charge is 2.16. The van der Waals surface area contributed by atoms with Gasteiger partial charge in [0.1, 0.15) is 0 Å². The highest BCUT2D eigenvalue weighted by Crippen LogP contribution is 2.24. The summed E-state index contributed by atoms with van der Waals surface area (Å²) < 4.78 is 36.6. The number of aromatic nitrogens is 2. The van der Waals surface area contributed by atoms with Crippen molar-refractivity contribution in [1.82, 2.24) is 14.9 Å². The number of hydrogen-bond acceptors (Lipinski definition) is 7. The SMILES string of the molecule is COC(=O)c1ccc(CS(=O)(=O)NCc2nc(-c3ccccc3Cl)no2)cc1. The molecule has 0 aliphatic carbocycles. The average molecular weight is 422 g/mol. The fourth-order valence-electron chi connectivity index (χ4n) is 2.38. The molecule has 1 N–H and O–H groups in total. The molecular formula is C18H16ClN3O5S. The molecule has 3 rings (SSSR count). The van der Waals surface area contributed by atoms with Gasteiger partial charge in [0.15, 0.2) is 0 Å². The normalized spacial score (nSPS) is 11.4. The zero-order chi connectivity index (χ0) is 20.1. The summed E-state index contributed by atoms with van der Waals surface area (Å²) in [6, 6.07) is 13.1. The van der Waals surface area contributed by atoms with Crippen molar-refractivity contribution in [3.63, 3.8) is 0 Å². The van der Waals surface area contributed by atoms with Gasteiger partial charge in [-0.15, -0.1) is 0 Å². The number of sulfonamides is 1. The van der Waals surface area contributed by atoms with Gasteiger partial charge in [-0.1, -0.05) is 41.0 Å². The zero-order valence-corrected chi connectivity index (χ0v) is 16.3. The van der Waals surface area contributed by atoms with Crippen LogP contribution in [0.3, 0.4) is 0 Å². The van der Waals surface area contributed by atoms with Crippen molar-refractivity contribution in [2.45, 2.75) is 12.3 Å². The van der Waals surface area contributed by atoms with Gasteiger partial charge in [-0.2, -0.15) is 4.98 Å². The molecule has 0 atom stereocenters. The summed E-state index contributed by atoms with van der Waals surface area (Å²) in [5, 5.41) is 4.28. The number of hydrogen-bond donors (Lipinski definition) is 1. The number of carbonyl (C=O) groups excluding carboxylic acids is 1. The third-order valence-corrected chi connectivity index (χ3v) is 5.39. The summed E-state index contributed by atoms with van der Waals surface area (Å²) >= 11 is 6.09. The molecule has 0 amide bonds. The summed E-state index contributed by atoms with van der Waals surface area (Å²) in [6.07, 6.45) is 0. The molecule has 0 bridgehead atoms. The van der Waals surface area contributed by atoms with Gasteiger partial charge in [-0.3, -0.25) is 0 Å². The van der Waals surface area contributed by atoms with Crippen LogP contribution in [0.5, 0.6) is 0 Å². The lowest BCUT2D eigenvalue weighted by atomic mass is 10.1. The first-order valence-electron chi connectivity index (χ1n) is 8.10. The highest BCUT2D eigenvalue weighted by molar-refractivity contribution is 7.88. The Morgan fingerprint density at radius 1 is 1.18 bits per heavy atom. The summed E-state index contributed by atoms with van der Waals surface area (Å²) in [5.41, 5.74) is 1.45. The molecule has 0 saturated heterocycles. The smallest absolute Gasteiger partial charge is 0.337 e. The van der Waals surface area contributed by atoms with E-state index >= 15 is 0 Å². The maximum absolute atomic E-state index is 12.3. The first-order valence-corrected chi connectivity index (χ1v) is 10.1. The molecule has 3 aromatic rings. The van der Waals surface area contributed by atoms with Gasteiger partial charge < -0.3 is 9.26 Å². The van der Waals surface area contributed by atoms with Crippen LogP contribution in [0.4, 0.5) is 0 Å². The number of carbonyl (C=O) groups is 1. The first kappa shape index (κ1) is 20.0. The molecule has 2 aromatic carbocycles. The molecule has 0 radical (unpaired) electrons. The minimum absolute atomic E-state index is 0.111. The average Bonchev–Trinajstić information content (AvgIpc) is 3.15. The van der Waals surface area contributed by atoms with E-state index in [1.807, 2.05) is 0 Å². The number of methoxy groups -OCH3 is 1. The van der Waals surface area contributed by atoms with Crippen molar-refractivity contribution >= 4 is 27.6 Å². The van der Waals surface area contributed by atoms with Gasteiger partial charge in [0.2, 0.25) is 21.7 Å². The third-order valence-electron chi connectivity index (χ3n) is 3.76. The van der Waals surface area contributed by atoms with Crippen LogP contribution in [0.1, 0.15) is 21.8 Å². The molecule has 0 saturated carbocycles. The fourth-order valence-corrected chi connectivity index (χ4v) is 3.67. The lowest BCUT2D eigenvalue weighted by Crippen LogP contribution is -2.24. The highest BCUT2D eigenvalue weighted by atomic mass is 35.5. The Morgan fingerprint density at radius 2 is 1.89 bits per heavy atom. The third kappa shape index (κ3) is 4.94. The number of rotatable bonds is 7. The molecule has 0 unspecified atom stereocenters. The van der Waals surface area contributed by atoms with E-state index in [0.717, 1.165) is 0 Å². The minimum atomic E-state index is -3.66. The Bertz CT molecular complexity index is 1080. The standard InChI is InChI=1S/C18H16ClN3O5S/c1-26-18(23)13-8-6-12(7-9-13)11-28(24,25)20-10-16-21-17(22-27-16)14-4-2-3-5-15(14)19/h2-9,20H,10-11H2,1H3. The second kappa shape index (κ2) is 8.51. The number of ether oxygens (including phenoxy) is 1. The summed E-state index contributed by atoms with van der Waals surface area (Å²) in [7, 11) is -2.38. The number of nitrogens with one attached hydrogen (secondary N) is 1. The predicted octanol–water partition coefficient (Wildman–Crippen LogP) is 2.80. The summed E-state index contributed by atoms with van der Waals surface area (Å²) in [6.45, 7) is -0.153. The van der Waals surface area contributed by atoms with Gasteiger partial charge in [0.25, 0.3) is 0 Å². The Hall–Kier alpha value is -2.75. The first-order chi connectivity index (χ1) is 13.4. The van der Waals surface area contributed by atoms with E-state index in [1.54, 1.807) is 36.4 Å². The van der Waals surface area contributed by atoms with E-state index in [9.17, 15) is 13.2 Å². The van der Waals surface area contributed by atoms with Gasteiger partial charge in [0.05, 0.1) is 30.0 Å². The van der Waals surface area contributed by atoms with Crippen LogP contribution in [-0.2, 0) is 27.1 Å². The van der Waals surface area contributed by atoms with Crippen molar-refractivity contribution < 1.29 is 22.5 Å². The molecule has 0 fully saturated rings. The van der Waals surface area contributed by atoms with Crippen molar-refractivity contribution in [3.8, 4) is 11.4 Å². The zero-order valence-electron chi connectivity index (χ0n) is 14.8. The van der Waals surface area contributed by atoms with E-state index in [1.165, 1.54) is 19.2 Å². The van der Waals surface area contributed by atoms with E-state index in [4.69, 9.17) is 16.1 Å². The van der Waals surface area contributed by atoms with Crippen molar-refractivity contribution in [2.75, 3.05) is 7.11 Å². The van der Waals surface area contributed by atoms with E-state index < -0.39 is 16.0 Å². The van der Waals surface area contributed by atoms with E-state index in [-0.39, 0.29) is 24.0 Å². The second-order valence-corrected chi connectivity index (χ2v) is 7.97. The van der Waals surface area contributed by atoms with Gasteiger partial charge in [-0.05, 0) is 29.8 Å². The van der Waals surface area contributed by atoms with Gasteiger partial charge >= 0.3 is 5.97 Å². The van der Waals surface area contributed by atoms with Gasteiger partial charge in [0, 0.05) is 5.56 Å². The lowest BCUT2D eigenvalue weighted by Gasteiger charge is -2.05. The monoisotopic (exact) mass is 421 g/mol. The van der Waals surface area contributed by atoms with Crippen LogP contribution in [0.25, 0.3) is 11.4 Å². The lowest BCUT2D eigenvalue weighted by molar-refractivity contribution is 0.0600. The van der Waals surface area contributed by atoms with E-state index in [2.05, 4.69) is 19.6 Å². The molecule has 28 heavy (non-hydrogen) atoms. The van der Waals surface area contributed by atoms with Crippen molar-refractivity contribution in [1.29, 1.82) is 0 Å².